The number of rotatable bonds is 0. The van der Waals surface area contributed by atoms with Gasteiger partial charge in [0.1, 0.15) is 11.4 Å². The molecule has 0 radical (unpaired) electrons. The molecule has 1 atom stereocenters. The zero-order chi connectivity index (χ0) is 11.4. The second kappa shape index (κ2) is 2.99. The Morgan fingerprint density at radius 1 is 1.20 bits per heavy atom. The third kappa shape index (κ3) is 1.36. The SMILES string of the molecule is Cc1cc(C)c2c(c1C)OC(C)(C)C2N. The van der Waals surface area contributed by atoms with Gasteiger partial charge in [0.2, 0.25) is 0 Å². The van der Waals surface area contributed by atoms with Crippen molar-refractivity contribution in [3.8, 4) is 5.75 Å². The van der Waals surface area contributed by atoms with E-state index in [1.54, 1.807) is 0 Å². The Morgan fingerprint density at radius 3 is 2.40 bits per heavy atom. The smallest absolute Gasteiger partial charge is 0.128 e. The lowest BCUT2D eigenvalue weighted by molar-refractivity contribution is 0.111. The predicted octanol–water partition coefficient (Wildman–Crippen LogP) is 2.78. The predicted molar refractivity (Wildman–Crippen MR) is 62.3 cm³/mol. The van der Waals surface area contributed by atoms with E-state index in [2.05, 4.69) is 26.8 Å². The molecule has 1 aromatic rings. The third-order valence-corrected chi connectivity index (χ3v) is 3.46. The summed E-state index contributed by atoms with van der Waals surface area (Å²) in [4.78, 5) is 0. The van der Waals surface area contributed by atoms with Crippen molar-refractivity contribution in [3.63, 3.8) is 0 Å². The third-order valence-electron chi connectivity index (χ3n) is 3.46. The first kappa shape index (κ1) is 10.5. The molecule has 1 aliphatic rings. The molecule has 2 nitrogen and oxygen atoms in total. The maximum atomic E-state index is 6.22. The van der Waals surface area contributed by atoms with Gasteiger partial charge in [0.25, 0.3) is 0 Å². The molecular weight excluding hydrogens is 186 g/mol. The fraction of sp³-hybridized carbons (Fsp3) is 0.538. The van der Waals surface area contributed by atoms with Crippen molar-refractivity contribution in [2.24, 2.45) is 5.73 Å². The molecule has 0 spiro atoms. The van der Waals surface area contributed by atoms with Gasteiger partial charge in [-0.25, -0.2) is 0 Å². The van der Waals surface area contributed by atoms with Crippen LogP contribution in [0, 0.1) is 20.8 Å². The fourth-order valence-electron chi connectivity index (χ4n) is 2.26. The number of benzene rings is 1. The van der Waals surface area contributed by atoms with Gasteiger partial charge in [0.15, 0.2) is 0 Å². The molecule has 1 aromatic carbocycles. The van der Waals surface area contributed by atoms with Crippen molar-refractivity contribution >= 4 is 0 Å². The average molecular weight is 205 g/mol. The van der Waals surface area contributed by atoms with Gasteiger partial charge in [-0.1, -0.05) is 6.07 Å². The fourth-order valence-corrected chi connectivity index (χ4v) is 2.26. The first-order chi connectivity index (χ1) is 6.84. The standard InChI is InChI=1S/C13H19NO/c1-7-6-8(2)10-11(9(7)3)15-13(4,5)12(10)14/h6,12H,14H2,1-5H3. The van der Waals surface area contributed by atoms with Gasteiger partial charge >= 0.3 is 0 Å². The van der Waals surface area contributed by atoms with Crippen LogP contribution in [0.25, 0.3) is 0 Å². The number of hydrogen-bond acceptors (Lipinski definition) is 2. The van der Waals surface area contributed by atoms with Crippen molar-refractivity contribution in [3.05, 3.63) is 28.3 Å². The minimum absolute atomic E-state index is 0.0215. The van der Waals surface area contributed by atoms with Crippen LogP contribution in [-0.4, -0.2) is 5.60 Å². The van der Waals surface area contributed by atoms with E-state index in [0.717, 1.165) is 5.75 Å². The molecule has 0 aliphatic carbocycles. The molecule has 2 heteroatoms. The zero-order valence-corrected chi connectivity index (χ0v) is 10.1. The summed E-state index contributed by atoms with van der Waals surface area (Å²) in [5, 5.41) is 0. The summed E-state index contributed by atoms with van der Waals surface area (Å²) in [6, 6.07) is 2.17. The van der Waals surface area contributed by atoms with E-state index in [1.165, 1.54) is 22.3 Å². The Bertz CT molecular complexity index is 421. The van der Waals surface area contributed by atoms with E-state index in [0.29, 0.717) is 0 Å². The molecule has 0 fully saturated rings. The molecule has 15 heavy (non-hydrogen) atoms. The molecule has 0 bridgehead atoms. The number of hydrogen-bond donors (Lipinski definition) is 1. The summed E-state index contributed by atoms with van der Waals surface area (Å²) < 4.78 is 5.97. The monoisotopic (exact) mass is 205 g/mol. The van der Waals surface area contributed by atoms with Crippen LogP contribution in [-0.2, 0) is 0 Å². The van der Waals surface area contributed by atoms with Crippen LogP contribution >= 0.6 is 0 Å². The number of ether oxygens (including phenoxy) is 1. The molecule has 0 saturated carbocycles. The topological polar surface area (TPSA) is 35.2 Å². The van der Waals surface area contributed by atoms with Gasteiger partial charge in [-0.2, -0.15) is 0 Å². The Kier molecular flexibility index (Phi) is 2.09. The highest BCUT2D eigenvalue weighted by Crippen LogP contribution is 2.45. The average Bonchev–Trinajstić information content (AvgIpc) is 2.35. The summed E-state index contributed by atoms with van der Waals surface area (Å²) in [5.41, 5.74) is 10.9. The molecule has 1 heterocycles. The lowest BCUT2D eigenvalue weighted by Gasteiger charge is -2.23. The molecule has 0 amide bonds. The zero-order valence-electron chi connectivity index (χ0n) is 10.1. The summed E-state index contributed by atoms with van der Waals surface area (Å²) in [7, 11) is 0. The summed E-state index contributed by atoms with van der Waals surface area (Å²) in [5.74, 6) is 1.00. The first-order valence-electron chi connectivity index (χ1n) is 5.40. The lowest BCUT2D eigenvalue weighted by atomic mass is 9.90. The van der Waals surface area contributed by atoms with Crippen LogP contribution in [0.1, 0.15) is 42.1 Å². The molecule has 2 N–H and O–H groups in total. The van der Waals surface area contributed by atoms with E-state index >= 15 is 0 Å². The highest BCUT2D eigenvalue weighted by molar-refractivity contribution is 5.54. The Hall–Kier alpha value is -1.02. The summed E-state index contributed by atoms with van der Waals surface area (Å²) in [6.45, 7) is 10.4. The van der Waals surface area contributed by atoms with Gasteiger partial charge < -0.3 is 10.5 Å². The summed E-state index contributed by atoms with van der Waals surface area (Å²) in [6.07, 6.45) is 0. The van der Waals surface area contributed by atoms with E-state index in [4.69, 9.17) is 10.5 Å². The second-order valence-corrected chi connectivity index (χ2v) is 5.06. The van der Waals surface area contributed by atoms with Gasteiger partial charge in [-0.15, -0.1) is 0 Å². The van der Waals surface area contributed by atoms with Gasteiger partial charge in [-0.3, -0.25) is 0 Å². The Labute approximate surface area is 91.4 Å². The van der Waals surface area contributed by atoms with Gasteiger partial charge in [0, 0.05) is 5.56 Å². The summed E-state index contributed by atoms with van der Waals surface area (Å²) >= 11 is 0. The van der Waals surface area contributed by atoms with Crippen molar-refractivity contribution < 1.29 is 4.74 Å². The molecule has 1 aliphatic heterocycles. The quantitative estimate of drug-likeness (QED) is 0.707. The molecule has 0 saturated heterocycles. The van der Waals surface area contributed by atoms with Crippen molar-refractivity contribution in [1.82, 2.24) is 0 Å². The van der Waals surface area contributed by atoms with Gasteiger partial charge in [0.05, 0.1) is 6.04 Å². The van der Waals surface area contributed by atoms with E-state index in [1.807, 2.05) is 13.8 Å². The van der Waals surface area contributed by atoms with E-state index in [9.17, 15) is 0 Å². The molecule has 82 valence electrons. The minimum atomic E-state index is -0.286. The van der Waals surface area contributed by atoms with E-state index in [-0.39, 0.29) is 11.6 Å². The maximum absolute atomic E-state index is 6.22. The number of nitrogens with two attached hydrogens (primary N) is 1. The van der Waals surface area contributed by atoms with Crippen LogP contribution in [0.15, 0.2) is 6.07 Å². The number of fused-ring (bicyclic) bond motifs is 1. The molecular formula is C13H19NO. The number of aryl methyl sites for hydroxylation is 2. The van der Waals surface area contributed by atoms with Crippen LogP contribution in [0.4, 0.5) is 0 Å². The second-order valence-electron chi connectivity index (χ2n) is 5.06. The largest absolute Gasteiger partial charge is 0.485 e. The Morgan fingerprint density at radius 2 is 1.80 bits per heavy atom. The van der Waals surface area contributed by atoms with Gasteiger partial charge in [-0.05, 0) is 51.3 Å². The highest BCUT2D eigenvalue weighted by atomic mass is 16.5. The molecule has 2 rings (SSSR count). The normalized spacial score (nSPS) is 22.4. The van der Waals surface area contributed by atoms with Crippen molar-refractivity contribution in [1.29, 1.82) is 0 Å². The van der Waals surface area contributed by atoms with Crippen LogP contribution in [0.5, 0.6) is 5.75 Å². The first-order valence-corrected chi connectivity index (χ1v) is 5.40. The molecule has 0 aromatic heterocycles. The lowest BCUT2D eigenvalue weighted by Crippen LogP contribution is -2.35. The molecule has 1 unspecified atom stereocenters. The minimum Gasteiger partial charge on any atom is -0.485 e. The van der Waals surface area contributed by atoms with Crippen LogP contribution < -0.4 is 10.5 Å². The highest BCUT2D eigenvalue weighted by Gasteiger charge is 2.40. The van der Waals surface area contributed by atoms with E-state index < -0.39 is 0 Å². The maximum Gasteiger partial charge on any atom is 0.128 e. The van der Waals surface area contributed by atoms with Crippen molar-refractivity contribution in [2.45, 2.75) is 46.3 Å². The van der Waals surface area contributed by atoms with Crippen molar-refractivity contribution in [2.75, 3.05) is 0 Å². The Balaban J connectivity index is 2.69. The van der Waals surface area contributed by atoms with Crippen LogP contribution in [0.3, 0.4) is 0 Å². The van der Waals surface area contributed by atoms with Crippen LogP contribution in [0.2, 0.25) is 0 Å².